The van der Waals surface area contributed by atoms with Gasteiger partial charge in [0.25, 0.3) is 0 Å². The Morgan fingerprint density at radius 1 is 1.08 bits per heavy atom. The summed E-state index contributed by atoms with van der Waals surface area (Å²) < 4.78 is 0. The highest BCUT2D eigenvalue weighted by atomic mass is 35.5. The second kappa shape index (κ2) is 8.52. The third kappa shape index (κ3) is 5.33. The third-order valence-electron chi connectivity index (χ3n) is 4.20. The molecule has 2 aromatic carbocycles. The lowest BCUT2D eigenvalue weighted by atomic mass is 10.2. The van der Waals surface area contributed by atoms with Gasteiger partial charge in [-0.2, -0.15) is 0 Å². The number of halogens is 2. The molecule has 1 aliphatic heterocycles. The number of likely N-dealkylation sites (tertiary alicyclic amines) is 1. The summed E-state index contributed by atoms with van der Waals surface area (Å²) in [4.78, 5) is 14.5. The molecule has 0 radical (unpaired) electrons. The molecule has 130 valence electrons. The van der Waals surface area contributed by atoms with Crippen molar-refractivity contribution in [2.24, 2.45) is 0 Å². The summed E-state index contributed by atoms with van der Waals surface area (Å²) in [5.74, 6) is -0.196. The normalized spacial score (nSPS) is 15.0. The van der Waals surface area contributed by atoms with Crippen molar-refractivity contribution in [3.63, 3.8) is 0 Å². The fourth-order valence-electron chi connectivity index (χ4n) is 2.88. The van der Waals surface area contributed by atoms with E-state index in [4.69, 9.17) is 23.2 Å². The Kier molecular flexibility index (Phi) is 6.14. The standard InChI is InChI=1S/C20H20Cl2N2O/c21-17-7-5-16(19(22)13-17)6-10-20(25)23-18-8-3-15(4-9-18)14-24-11-1-2-12-24/h3-10,13H,1-2,11-12,14H2,(H,23,25)/b10-6+. The van der Waals surface area contributed by atoms with Crippen molar-refractivity contribution >= 4 is 40.9 Å². The Balaban J connectivity index is 1.56. The molecule has 2 aromatic rings. The van der Waals surface area contributed by atoms with Gasteiger partial charge < -0.3 is 5.32 Å². The number of anilines is 1. The minimum absolute atomic E-state index is 0.196. The average Bonchev–Trinajstić information content (AvgIpc) is 3.09. The number of carbonyl (C=O) groups excluding carboxylic acids is 1. The minimum Gasteiger partial charge on any atom is -0.323 e. The molecule has 1 fully saturated rings. The Morgan fingerprint density at radius 3 is 2.48 bits per heavy atom. The molecule has 3 nitrogen and oxygen atoms in total. The van der Waals surface area contributed by atoms with E-state index >= 15 is 0 Å². The number of benzene rings is 2. The number of nitrogens with zero attached hydrogens (tertiary/aromatic N) is 1. The van der Waals surface area contributed by atoms with Gasteiger partial charge in [-0.15, -0.1) is 0 Å². The molecule has 0 spiro atoms. The van der Waals surface area contributed by atoms with E-state index in [1.165, 1.54) is 37.6 Å². The molecular weight excluding hydrogens is 355 g/mol. The predicted octanol–water partition coefficient (Wildman–Crippen LogP) is 5.24. The first-order valence-corrected chi connectivity index (χ1v) is 9.11. The quantitative estimate of drug-likeness (QED) is 0.725. The van der Waals surface area contributed by atoms with Gasteiger partial charge in [0, 0.05) is 28.4 Å². The summed E-state index contributed by atoms with van der Waals surface area (Å²) in [6.07, 6.45) is 5.72. The molecule has 0 atom stereocenters. The zero-order valence-electron chi connectivity index (χ0n) is 13.8. The topological polar surface area (TPSA) is 32.3 Å². The average molecular weight is 375 g/mol. The van der Waals surface area contributed by atoms with Crippen LogP contribution in [0.4, 0.5) is 5.69 Å². The van der Waals surface area contributed by atoms with Crippen LogP contribution in [0.2, 0.25) is 10.0 Å². The molecule has 1 aliphatic rings. The number of amides is 1. The molecule has 0 saturated carbocycles. The van der Waals surface area contributed by atoms with Crippen LogP contribution in [-0.2, 0) is 11.3 Å². The zero-order valence-corrected chi connectivity index (χ0v) is 15.4. The van der Waals surface area contributed by atoms with Crippen molar-refractivity contribution in [1.82, 2.24) is 4.90 Å². The van der Waals surface area contributed by atoms with Crippen molar-refractivity contribution in [1.29, 1.82) is 0 Å². The van der Waals surface area contributed by atoms with E-state index < -0.39 is 0 Å². The Hall–Kier alpha value is -1.81. The number of nitrogens with one attached hydrogen (secondary N) is 1. The van der Waals surface area contributed by atoms with Crippen LogP contribution in [-0.4, -0.2) is 23.9 Å². The molecule has 0 bridgehead atoms. The molecule has 3 rings (SSSR count). The lowest BCUT2D eigenvalue weighted by molar-refractivity contribution is -0.111. The van der Waals surface area contributed by atoms with E-state index in [1.54, 1.807) is 24.3 Å². The first-order valence-electron chi connectivity index (χ1n) is 8.35. The first-order chi connectivity index (χ1) is 12.1. The van der Waals surface area contributed by atoms with E-state index in [1.807, 2.05) is 12.1 Å². The zero-order chi connectivity index (χ0) is 17.6. The summed E-state index contributed by atoms with van der Waals surface area (Å²) >= 11 is 12.0. The fourth-order valence-corrected chi connectivity index (χ4v) is 3.35. The third-order valence-corrected chi connectivity index (χ3v) is 4.77. The second-order valence-electron chi connectivity index (χ2n) is 6.17. The molecule has 0 aliphatic carbocycles. The minimum atomic E-state index is -0.196. The number of carbonyl (C=O) groups is 1. The van der Waals surface area contributed by atoms with Crippen LogP contribution in [0.5, 0.6) is 0 Å². The largest absolute Gasteiger partial charge is 0.323 e. The maximum Gasteiger partial charge on any atom is 0.248 e. The summed E-state index contributed by atoms with van der Waals surface area (Å²) in [5.41, 5.74) is 2.80. The van der Waals surface area contributed by atoms with Gasteiger partial charge in [-0.1, -0.05) is 41.4 Å². The van der Waals surface area contributed by atoms with Crippen molar-refractivity contribution in [3.8, 4) is 0 Å². The van der Waals surface area contributed by atoms with E-state index in [-0.39, 0.29) is 5.91 Å². The Bertz CT molecular complexity index is 766. The van der Waals surface area contributed by atoms with E-state index in [2.05, 4.69) is 22.3 Å². The molecule has 1 N–H and O–H groups in total. The highest BCUT2D eigenvalue weighted by molar-refractivity contribution is 6.35. The van der Waals surface area contributed by atoms with Crippen LogP contribution in [0.15, 0.2) is 48.5 Å². The molecular formula is C20H20Cl2N2O. The SMILES string of the molecule is O=C(/C=C/c1ccc(Cl)cc1Cl)Nc1ccc(CN2CCCC2)cc1. The first kappa shape index (κ1) is 18.0. The van der Waals surface area contributed by atoms with Crippen molar-refractivity contribution in [3.05, 3.63) is 69.7 Å². The van der Waals surface area contributed by atoms with Gasteiger partial charge in [0.05, 0.1) is 0 Å². The Labute approximate surface area is 158 Å². The van der Waals surface area contributed by atoms with Gasteiger partial charge in [0.15, 0.2) is 0 Å². The van der Waals surface area contributed by atoms with Crippen molar-refractivity contribution < 1.29 is 4.79 Å². The smallest absolute Gasteiger partial charge is 0.248 e. The lowest BCUT2D eigenvalue weighted by Gasteiger charge is -2.14. The fraction of sp³-hybridized carbons (Fsp3) is 0.250. The second-order valence-corrected chi connectivity index (χ2v) is 7.01. The molecule has 25 heavy (non-hydrogen) atoms. The van der Waals surface area contributed by atoms with Crippen LogP contribution < -0.4 is 5.32 Å². The molecule has 0 unspecified atom stereocenters. The van der Waals surface area contributed by atoms with Gasteiger partial charge in [-0.05, 0) is 67.4 Å². The van der Waals surface area contributed by atoms with Crippen LogP contribution in [0.3, 0.4) is 0 Å². The molecule has 1 heterocycles. The maximum atomic E-state index is 12.1. The maximum absolute atomic E-state index is 12.1. The summed E-state index contributed by atoms with van der Waals surface area (Å²) in [5, 5.41) is 3.94. The van der Waals surface area contributed by atoms with Gasteiger partial charge in [0.2, 0.25) is 5.91 Å². The van der Waals surface area contributed by atoms with Gasteiger partial charge in [-0.3, -0.25) is 9.69 Å². The number of hydrogen-bond acceptors (Lipinski definition) is 2. The van der Waals surface area contributed by atoms with E-state index in [0.717, 1.165) is 17.8 Å². The highest BCUT2D eigenvalue weighted by Gasteiger charge is 2.11. The van der Waals surface area contributed by atoms with Crippen LogP contribution >= 0.6 is 23.2 Å². The van der Waals surface area contributed by atoms with Gasteiger partial charge >= 0.3 is 0 Å². The summed E-state index contributed by atoms with van der Waals surface area (Å²) in [6.45, 7) is 3.33. The summed E-state index contributed by atoms with van der Waals surface area (Å²) in [6, 6.07) is 13.2. The monoisotopic (exact) mass is 374 g/mol. The van der Waals surface area contributed by atoms with E-state index in [9.17, 15) is 4.79 Å². The van der Waals surface area contributed by atoms with Crippen molar-refractivity contribution in [2.75, 3.05) is 18.4 Å². The van der Waals surface area contributed by atoms with Crippen molar-refractivity contribution in [2.45, 2.75) is 19.4 Å². The van der Waals surface area contributed by atoms with Crippen LogP contribution in [0.1, 0.15) is 24.0 Å². The van der Waals surface area contributed by atoms with Crippen LogP contribution in [0.25, 0.3) is 6.08 Å². The molecule has 5 heteroatoms. The highest BCUT2D eigenvalue weighted by Crippen LogP contribution is 2.22. The number of hydrogen-bond donors (Lipinski definition) is 1. The lowest BCUT2D eigenvalue weighted by Crippen LogP contribution is -2.18. The number of rotatable bonds is 5. The van der Waals surface area contributed by atoms with Crippen LogP contribution in [0, 0.1) is 0 Å². The molecule has 0 aromatic heterocycles. The van der Waals surface area contributed by atoms with Gasteiger partial charge in [-0.25, -0.2) is 0 Å². The summed E-state index contributed by atoms with van der Waals surface area (Å²) in [7, 11) is 0. The van der Waals surface area contributed by atoms with Gasteiger partial charge in [0.1, 0.15) is 0 Å². The Morgan fingerprint density at radius 2 is 1.80 bits per heavy atom. The molecule has 1 saturated heterocycles. The predicted molar refractivity (Wildman–Crippen MR) is 105 cm³/mol. The molecule has 1 amide bonds. The van der Waals surface area contributed by atoms with E-state index in [0.29, 0.717) is 10.0 Å².